The monoisotopic (exact) mass is 419 g/mol. The molecule has 1 atom stereocenters. The van der Waals surface area contributed by atoms with Gasteiger partial charge in [0, 0.05) is 31.2 Å². The lowest BCUT2D eigenvalue weighted by atomic mass is 9.93. The molecule has 5 rings (SSSR count). The van der Waals surface area contributed by atoms with Gasteiger partial charge in [-0.15, -0.1) is 0 Å². The Morgan fingerprint density at radius 3 is 3.00 bits per heavy atom. The summed E-state index contributed by atoms with van der Waals surface area (Å²) in [7, 11) is 0. The second kappa shape index (κ2) is 7.80. The van der Waals surface area contributed by atoms with Gasteiger partial charge in [0.2, 0.25) is 0 Å². The zero-order valence-electron chi connectivity index (χ0n) is 16.1. The van der Waals surface area contributed by atoms with Crippen molar-refractivity contribution >= 4 is 22.1 Å². The van der Waals surface area contributed by atoms with Crippen LogP contribution in [0.4, 0.5) is 9.52 Å². The van der Waals surface area contributed by atoms with Gasteiger partial charge < -0.3 is 4.90 Å². The van der Waals surface area contributed by atoms with Crippen molar-refractivity contribution < 1.29 is 4.39 Å². The summed E-state index contributed by atoms with van der Waals surface area (Å²) in [4.78, 5) is 20.7. The van der Waals surface area contributed by atoms with E-state index in [1.54, 1.807) is 29.1 Å². The summed E-state index contributed by atoms with van der Waals surface area (Å²) in [6.45, 7) is 1.84. The molecule has 7 nitrogen and oxygen atoms in total. The number of nitrogens with zero attached hydrogens (tertiary/aromatic N) is 7. The van der Waals surface area contributed by atoms with Crippen LogP contribution in [-0.2, 0) is 6.42 Å². The van der Waals surface area contributed by atoms with Crippen molar-refractivity contribution in [2.45, 2.75) is 19.3 Å². The molecule has 0 radical (unpaired) electrons. The molecule has 0 bridgehead atoms. The molecule has 150 valence electrons. The van der Waals surface area contributed by atoms with Crippen molar-refractivity contribution in [3.05, 3.63) is 59.4 Å². The molecule has 4 aromatic rings. The molecule has 1 aliphatic heterocycles. The van der Waals surface area contributed by atoms with Crippen LogP contribution in [0.1, 0.15) is 23.4 Å². The number of imidazole rings is 1. The van der Waals surface area contributed by atoms with Gasteiger partial charge in [0.25, 0.3) is 0 Å². The first-order valence-corrected chi connectivity index (χ1v) is 10.6. The number of rotatable bonds is 4. The first kappa shape index (κ1) is 18.6. The van der Waals surface area contributed by atoms with Crippen LogP contribution in [0.2, 0.25) is 0 Å². The lowest BCUT2D eigenvalue weighted by Crippen LogP contribution is -2.36. The van der Waals surface area contributed by atoms with Crippen molar-refractivity contribution in [3.8, 4) is 17.6 Å². The quantitative estimate of drug-likeness (QED) is 0.501. The Bertz CT molecular complexity index is 1240. The molecule has 0 N–H and O–H groups in total. The fourth-order valence-corrected chi connectivity index (χ4v) is 4.67. The normalized spacial score (nSPS) is 16.7. The molecule has 0 saturated carbocycles. The molecule has 0 amide bonds. The van der Waals surface area contributed by atoms with Crippen molar-refractivity contribution in [1.82, 2.24) is 24.3 Å². The third kappa shape index (κ3) is 3.62. The van der Waals surface area contributed by atoms with E-state index in [2.05, 4.69) is 25.9 Å². The van der Waals surface area contributed by atoms with E-state index in [0.717, 1.165) is 43.2 Å². The zero-order chi connectivity index (χ0) is 20.5. The minimum atomic E-state index is -0.332. The first-order chi connectivity index (χ1) is 14.7. The van der Waals surface area contributed by atoms with Gasteiger partial charge in [-0.25, -0.2) is 24.3 Å². The van der Waals surface area contributed by atoms with E-state index in [9.17, 15) is 4.39 Å². The number of aromatic nitrogens is 5. The second-order valence-electron chi connectivity index (χ2n) is 7.37. The molecule has 1 saturated heterocycles. The van der Waals surface area contributed by atoms with Crippen molar-refractivity contribution in [1.29, 1.82) is 5.26 Å². The molecular weight excluding hydrogens is 401 g/mol. The van der Waals surface area contributed by atoms with Crippen LogP contribution in [0.15, 0.2) is 43.0 Å². The van der Waals surface area contributed by atoms with E-state index in [0.29, 0.717) is 28.0 Å². The summed E-state index contributed by atoms with van der Waals surface area (Å²) in [5.74, 6) is 0.648. The number of nitriles is 1. The molecule has 5 heterocycles. The predicted octanol–water partition coefficient (Wildman–Crippen LogP) is 3.72. The van der Waals surface area contributed by atoms with Crippen LogP contribution in [0.5, 0.6) is 0 Å². The third-order valence-electron chi connectivity index (χ3n) is 5.30. The fourth-order valence-electron chi connectivity index (χ4n) is 3.92. The highest BCUT2D eigenvalue weighted by molar-refractivity contribution is 7.16. The maximum atomic E-state index is 13.7. The maximum Gasteiger partial charge on any atom is 0.186 e. The van der Waals surface area contributed by atoms with Gasteiger partial charge in [0.15, 0.2) is 11.0 Å². The van der Waals surface area contributed by atoms with Crippen molar-refractivity contribution in [3.63, 3.8) is 0 Å². The summed E-state index contributed by atoms with van der Waals surface area (Å²) in [6.07, 6.45) is 9.48. The molecule has 9 heteroatoms. The van der Waals surface area contributed by atoms with Crippen molar-refractivity contribution in [2.75, 3.05) is 18.0 Å². The van der Waals surface area contributed by atoms with Crippen molar-refractivity contribution in [2.24, 2.45) is 5.92 Å². The largest absolute Gasteiger partial charge is 0.348 e. The standard InChI is InChI=1S/C21H18FN7S/c22-15-3-4-19-25-11-18(29(19)13-15)20-24-6-5-16(27-20)8-14-2-1-7-28(12-14)21-26-10-17(9-23)30-21/h3-6,10-11,13-14H,1-2,7-8,12H2/t14-/m0/s1. The fraction of sp³-hybridized carbons (Fsp3) is 0.286. The smallest absolute Gasteiger partial charge is 0.186 e. The summed E-state index contributed by atoms with van der Waals surface area (Å²) in [5.41, 5.74) is 2.28. The minimum absolute atomic E-state index is 0.332. The van der Waals surface area contributed by atoms with Gasteiger partial charge >= 0.3 is 0 Å². The Hall–Kier alpha value is -3.38. The lowest BCUT2D eigenvalue weighted by molar-refractivity contribution is 0.409. The highest BCUT2D eigenvalue weighted by Gasteiger charge is 2.23. The van der Waals surface area contributed by atoms with Crippen LogP contribution < -0.4 is 4.90 Å². The second-order valence-corrected chi connectivity index (χ2v) is 8.38. The Balaban J connectivity index is 1.35. The molecule has 0 aliphatic carbocycles. The van der Waals surface area contributed by atoms with Gasteiger partial charge in [0.05, 0.1) is 12.4 Å². The topological polar surface area (TPSA) is 83.0 Å². The predicted molar refractivity (Wildman–Crippen MR) is 112 cm³/mol. The Kier molecular flexibility index (Phi) is 4.85. The van der Waals surface area contributed by atoms with E-state index >= 15 is 0 Å². The summed E-state index contributed by atoms with van der Waals surface area (Å²) in [5, 5.41) is 9.95. The first-order valence-electron chi connectivity index (χ1n) is 9.75. The lowest BCUT2D eigenvalue weighted by Gasteiger charge is -2.32. The zero-order valence-corrected chi connectivity index (χ0v) is 16.9. The molecule has 0 aromatic carbocycles. The van der Waals surface area contributed by atoms with Gasteiger partial charge in [-0.2, -0.15) is 5.26 Å². The van der Waals surface area contributed by atoms with Crippen LogP contribution in [0.25, 0.3) is 17.2 Å². The third-order valence-corrected chi connectivity index (χ3v) is 6.27. The minimum Gasteiger partial charge on any atom is -0.348 e. The summed E-state index contributed by atoms with van der Waals surface area (Å²) >= 11 is 1.44. The maximum absolute atomic E-state index is 13.7. The van der Waals surface area contributed by atoms with E-state index in [1.807, 2.05) is 6.07 Å². The number of fused-ring (bicyclic) bond motifs is 1. The van der Waals surface area contributed by atoms with Crippen LogP contribution in [0.3, 0.4) is 0 Å². The van der Waals surface area contributed by atoms with Gasteiger partial charge in [0.1, 0.15) is 28.1 Å². The van der Waals surface area contributed by atoms with Crippen LogP contribution in [-0.4, -0.2) is 37.4 Å². The van der Waals surface area contributed by atoms with E-state index < -0.39 is 0 Å². The van der Waals surface area contributed by atoms with E-state index in [-0.39, 0.29) is 5.82 Å². The van der Waals surface area contributed by atoms with E-state index in [4.69, 9.17) is 10.2 Å². The van der Waals surface area contributed by atoms with Gasteiger partial charge in [-0.05, 0) is 43.4 Å². The highest BCUT2D eigenvalue weighted by Crippen LogP contribution is 2.28. The number of hydrogen-bond acceptors (Lipinski definition) is 7. The highest BCUT2D eigenvalue weighted by atomic mass is 32.1. The number of thiazole rings is 1. The molecule has 0 unspecified atom stereocenters. The summed E-state index contributed by atoms with van der Waals surface area (Å²) < 4.78 is 15.4. The Labute approximate surface area is 176 Å². The molecule has 30 heavy (non-hydrogen) atoms. The Morgan fingerprint density at radius 2 is 2.13 bits per heavy atom. The molecular formula is C21H18FN7S. The SMILES string of the molecule is N#Cc1cnc(N2CCC[C@@H](Cc3ccnc(-c4cnc5ccc(F)cn45)n3)C2)s1. The number of piperidine rings is 1. The number of halogens is 1. The average Bonchev–Trinajstić information content (AvgIpc) is 3.41. The average molecular weight is 419 g/mol. The number of anilines is 1. The van der Waals surface area contributed by atoms with Crippen LogP contribution in [0, 0.1) is 23.1 Å². The van der Waals surface area contributed by atoms with Gasteiger partial charge in [-0.3, -0.25) is 4.40 Å². The summed E-state index contributed by atoms with van der Waals surface area (Å²) in [6, 6.07) is 7.11. The molecule has 1 fully saturated rings. The molecule has 1 aliphatic rings. The number of pyridine rings is 1. The molecule has 4 aromatic heterocycles. The Morgan fingerprint density at radius 1 is 1.20 bits per heavy atom. The number of hydrogen-bond donors (Lipinski definition) is 0. The van der Waals surface area contributed by atoms with E-state index in [1.165, 1.54) is 23.6 Å². The molecule has 0 spiro atoms. The van der Waals surface area contributed by atoms with Crippen LogP contribution >= 0.6 is 11.3 Å². The van der Waals surface area contributed by atoms with Gasteiger partial charge in [-0.1, -0.05) is 11.3 Å².